The molecule has 0 fully saturated rings. The molecule has 4 heteroatoms. The first-order valence-corrected chi connectivity index (χ1v) is 4.66. The van der Waals surface area contributed by atoms with Crippen molar-refractivity contribution in [2.75, 3.05) is 0 Å². The van der Waals surface area contributed by atoms with E-state index >= 15 is 0 Å². The van der Waals surface area contributed by atoms with Crippen LogP contribution in [-0.2, 0) is 0 Å². The van der Waals surface area contributed by atoms with Gasteiger partial charge >= 0.3 is 0 Å². The van der Waals surface area contributed by atoms with Crippen LogP contribution in [0.4, 0.5) is 0 Å². The van der Waals surface area contributed by atoms with Crippen molar-refractivity contribution in [2.24, 2.45) is 0 Å². The second-order valence-electron chi connectivity index (χ2n) is 2.96. The molecule has 1 aromatic carbocycles. The summed E-state index contributed by atoms with van der Waals surface area (Å²) in [5, 5.41) is 0.634. The molecule has 0 spiro atoms. The van der Waals surface area contributed by atoms with Gasteiger partial charge in [0.05, 0.1) is 17.8 Å². The summed E-state index contributed by atoms with van der Waals surface area (Å²) in [4.78, 5) is 14.7. The number of oxazole rings is 1. The normalized spacial score (nSPS) is 9.50. The third kappa shape index (κ3) is 2.36. The molecule has 0 amide bonds. The van der Waals surface area contributed by atoms with Crippen molar-refractivity contribution in [3.8, 4) is 0 Å². The summed E-state index contributed by atoms with van der Waals surface area (Å²) in [6.07, 6.45) is 5.88. The van der Waals surface area contributed by atoms with Crippen LogP contribution in [0.1, 0.15) is 0 Å². The Morgan fingerprint density at radius 3 is 2.56 bits per heavy atom. The van der Waals surface area contributed by atoms with Crippen LogP contribution in [0.25, 0.3) is 11.0 Å². The third-order valence-electron chi connectivity index (χ3n) is 1.91. The Labute approximate surface area is 91.2 Å². The quantitative estimate of drug-likeness (QED) is 0.578. The lowest BCUT2D eigenvalue weighted by atomic mass is 10.2. The van der Waals surface area contributed by atoms with Crippen molar-refractivity contribution in [3.63, 3.8) is 0 Å². The first-order valence-electron chi connectivity index (χ1n) is 4.66. The first kappa shape index (κ1) is 10.2. The molecule has 0 bridgehead atoms. The number of nitrogens with zero attached hydrogens (tertiary/aromatic N) is 1. The minimum absolute atomic E-state index is 0.00634. The van der Waals surface area contributed by atoms with E-state index in [1.807, 2.05) is 12.1 Å². The minimum Gasteiger partial charge on any atom is -0.464 e. The van der Waals surface area contributed by atoms with E-state index in [1.54, 1.807) is 18.3 Å². The van der Waals surface area contributed by atoms with Gasteiger partial charge in [-0.3, -0.25) is 4.79 Å². The zero-order valence-electron chi connectivity index (χ0n) is 8.37. The highest BCUT2D eigenvalue weighted by atomic mass is 16.3. The van der Waals surface area contributed by atoms with Gasteiger partial charge in [-0.1, -0.05) is 12.1 Å². The largest absolute Gasteiger partial charge is 0.464 e. The lowest BCUT2D eigenvalue weighted by Crippen LogP contribution is -1.96. The van der Waals surface area contributed by atoms with E-state index in [-0.39, 0.29) is 5.43 Å². The van der Waals surface area contributed by atoms with Gasteiger partial charge in [0.2, 0.25) is 0 Å². The molecule has 0 radical (unpaired) electrons. The Balaban J connectivity index is 0.000000162. The van der Waals surface area contributed by atoms with Gasteiger partial charge in [0.1, 0.15) is 11.8 Å². The van der Waals surface area contributed by atoms with E-state index in [0.717, 1.165) is 0 Å². The van der Waals surface area contributed by atoms with Crippen LogP contribution in [0.5, 0.6) is 0 Å². The van der Waals surface area contributed by atoms with Crippen molar-refractivity contribution in [1.82, 2.24) is 4.98 Å². The Kier molecular flexibility index (Phi) is 3.13. The molecule has 80 valence electrons. The number of hydrogen-bond donors (Lipinski definition) is 0. The van der Waals surface area contributed by atoms with Gasteiger partial charge in [-0.25, -0.2) is 4.98 Å². The van der Waals surface area contributed by atoms with E-state index in [9.17, 15) is 4.79 Å². The van der Waals surface area contributed by atoms with Gasteiger partial charge in [-0.2, -0.15) is 0 Å². The van der Waals surface area contributed by atoms with Crippen LogP contribution in [0.15, 0.2) is 69.1 Å². The van der Waals surface area contributed by atoms with Gasteiger partial charge in [0, 0.05) is 6.07 Å². The van der Waals surface area contributed by atoms with Crippen molar-refractivity contribution in [2.45, 2.75) is 0 Å². The fourth-order valence-corrected chi connectivity index (χ4v) is 1.21. The molecular formula is C12H9NO3. The average molecular weight is 215 g/mol. The lowest BCUT2D eigenvalue weighted by molar-refractivity contribution is 0.558. The fraction of sp³-hybridized carbons (Fsp3) is 0. The highest BCUT2D eigenvalue weighted by molar-refractivity contribution is 5.75. The molecule has 0 aliphatic carbocycles. The Hall–Kier alpha value is -2.36. The SMILES string of the molecule is O=c1ccoc2ccccc12.c1cocn1. The number of hydrogen-bond acceptors (Lipinski definition) is 4. The number of benzene rings is 1. The molecule has 2 aromatic heterocycles. The molecule has 16 heavy (non-hydrogen) atoms. The van der Waals surface area contributed by atoms with E-state index in [4.69, 9.17) is 4.42 Å². The molecule has 0 N–H and O–H groups in total. The molecule has 3 rings (SSSR count). The summed E-state index contributed by atoms with van der Waals surface area (Å²) in [7, 11) is 0. The molecule has 0 aliphatic rings. The summed E-state index contributed by atoms with van der Waals surface area (Å²) in [6, 6.07) is 8.60. The van der Waals surface area contributed by atoms with Gasteiger partial charge in [-0.05, 0) is 12.1 Å². The Bertz CT molecular complexity index is 576. The number of para-hydroxylation sites is 1. The second-order valence-corrected chi connectivity index (χ2v) is 2.96. The zero-order chi connectivity index (χ0) is 11.2. The number of aromatic nitrogens is 1. The summed E-state index contributed by atoms with van der Waals surface area (Å²) in [5.74, 6) is 0. The van der Waals surface area contributed by atoms with Crippen molar-refractivity contribution in [3.05, 3.63) is 65.7 Å². The van der Waals surface area contributed by atoms with Crippen molar-refractivity contribution >= 4 is 11.0 Å². The molecule has 0 unspecified atom stereocenters. The van der Waals surface area contributed by atoms with Crippen LogP contribution in [0.2, 0.25) is 0 Å². The Morgan fingerprint density at radius 1 is 1.06 bits per heavy atom. The first-order chi connectivity index (χ1) is 7.88. The zero-order valence-corrected chi connectivity index (χ0v) is 8.37. The molecule has 3 aromatic rings. The maximum absolute atomic E-state index is 11.1. The van der Waals surface area contributed by atoms with Crippen LogP contribution >= 0.6 is 0 Å². The average Bonchev–Trinajstić information content (AvgIpc) is 2.88. The van der Waals surface area contributed by atoms with E-state index in [1.165, 1.54) is 25.0 Å². The van der Waals surface area contributed by atoms with Gasteiger partial charge < -0.3 is 8.83 Å². The molecule has 0 saturated carbocycles. The van der Waals surface area contributed by atoms with Gasteiger partial charge in [0.15, 0.2) is 11.8 Å². The van der Waals surface area contributed by atoms with Crippen LogP contribution in [0.3, 0.4) is 0 Å². The molecule has 0 saturated heterocycles. The molecule has 0 aliphatic heterocycles. The van der Waals surface area contributed by atoms with E-state index < -0.39 is 0 Å². The molecular weight excluding hydrogens is 206 g/mol. The topological polar surface area (TPSA) is 56.2 Å². The monoisotopic (exact) mass is 215 g/mol. The maximum Gasteiger partial charge on any atom is 0.192 e. The van der Waals surface area contributed by atoms with Crippen molar-refractivity contribution in [1.29, 1.82) is 0 Å². The molecule has 4 nitrogen and oxygen atoms in total. The van der Waals surface area contributed by atoms with Crippen LogP contribution in [-0.4, -0.2) is 4.98 Å². The van der Waals surface area contributed by atoms with Gasteiger partial charge in [-0.15, -0.1) is 0 Å². The Morgan fingerprint density at radius 2 is 1.94 bits per heavy atom. The number of fused-ring (bicyclic) bond motifs is 1. The summed E-state index contributed by atoms with van der Waals surface area (Å²) < 4.78 is 9.56. The van der Waals surface area contributed by atoms with E-state index in [2.05, 4.69) is 9.40 Å². The predicted octanol–water partition coefficient (Wildman–Crippen LogP) is 2.47. The highest BCUT2D eigenvalue weighted by Crippen LogP contribution is 2.06. The highest BCUT2D eigenvalue weighted by Gasteiger charge is 1.95. The summed E-state index contributed by atoms with van der Waals surface area (Å²) in [5.41, 5.74) is 0.645. The lowest BCUT2D eigenvalue weighted by Gasteiger charge is -1.91. The maximum atomic E-state index is 11.1. The van der Waals surface area contributed by atoms with Gasteiger partial charge in [0.25, 0.3) is 0 Å². The van der Waals surface area contributed by atoms with Crippen molar-refractivity contribution < 1.29 is 8.83 Å². The minimum atomic E-state index is 0.00634. The standard InChI is InChI=1S/C9H6O2.C3H3NO/c10-8-5-6-11-9-4-2-1-3-7(8)9;1-2-5-3-4-1/h1-6H;1-3H. The third-order valence-corrected chi connectivity index (χ3v) is 1.91. The fourth-order valence-electron chi connectivity index (χ4n) is 1.21. The molecule has 0 atom stereocenters. The summed E-state index contributed by atoms with van der Waals surface area (Å²) >= 11 is 0. The molecule has 2 heterocycles. The summed E-state index contributed by atoms with van der Waals surface area (Å²) in [6.45, 7) is 0. The van der Waals surface area contributed by atoms with E-state index in [0.29, 0.717) is 11.0 Å². The van der Waals surface area contributed by atoms with Crippen LogP contribution in [0, 0.1) is 0 Å². The van der Waals surface area contributed by atoms with Crippen LogP contribution < -0.4 is 5.43 Å². The second kappa shape index (κ2) is 4.93. The number of rotatable bonds is 0. The smallest absolute Gasteiger partial charge is 0.192 e. The predicted molar refractivity (Wildman–Crippen MR) is 59.0 cm³/mol.